The van der Waals surface area contributed by atoms with Gasteiger partial charge < -0.3 is 29.8 Å². The third-order valence-corrected chi connectivity index (χ3v) is 7.71. The number of hydrogen-bond acceptors (Lipinski definition) is 1. The first kappa shape index (κ1) is 24.1. The largest absolute Gasteiger partial charge is 1.00 e. The minimum Gasteiger partial charge on any atom is -1.00 e. The van der Waals surface area contributed by atoms with Crippen molar-refractivity contribution in [3.8, 4) is 11.1 Å². The minimum atomic E-state index is -1.66. The molecule has 0 fully saturated rings. The second-order valence-corrected chi connectivity index (χ2v) is 12.0. The van der Waals surface area contributed by atoms with Crippen molar-refractivity contribution in [2.24, 2.45) is 0 Å². The number of rotatable bonds is 2. The SMILES string of the molecule is CC(C)(C)N[Si](C)(C)C1c2ccccc2-c2ccccc21.[Cl-].[Cl-].[Hf]. The molecule has 1 nitrogen and oxygen atoms in total. The Morgan fingerprint density at radius 3 is 1.54 bits per heavy atom. The molecule has 0 aromatic heterocycles. The average Bonchev–Trinajstić information content (AvgIpc) is 2.71. The van der Waals surface area contributed by atoms with Gasteiger partial charge in [0.1, 0.15) is 8.24 Å². The van der Waals surface area contributed by atoms with Gasteiger partial charge in [-0.2, -0.15) is 0 Å². The Hall–Kier alpha value is 0.0670. The second-order valence-electron chi connectivity index (χ2n) is 7.70. The maximum absolute atomic E-state index is 3.96. The Bertz CT molecular complexity index is 638. The molecule has 2 aromatic carbocycles. The quantitative estimate of drug-likeness (QED) is 0.476. The summed E-state index contributed by atoms with van der Waals surface area (Å²) in [6.07, 6.45) is 0. The summed E-state index contributed by atoms with van der Waals surface area (Å²) in [4.78, 5) is 3.96. The van der Waals surface area contributed by atoms with E-state index in [-0.39, 0.29) is 56.2 Å². The summed E-state index contributed by atoms with van der Waals surface area (Å²) in [5.74, 6) is 0. The second kappa shape index (κ2) is 8.63. The number of benzene rings is 2. The van der Waals surface area contributed by atoms with Crippen LogP contribution in [0.2, 0.25) is 13.1 Å². The first-order chi connectivity index (χ1) is 9.80. The molecule has 1 aliphatic rings. The first-order valence-electron chi connectivity index (χ1n) is 7.77. The van der Waals surface area contributed by atoms with E-state index in [2.05, 4.69) is 87.4 Å². The van der Waals surface area contributed by atoms with Gasteiger partial charge in [0.15, 0.2) is 0 Å². The monoisotopic (exact) mass is 545 g/mol. The molecule has 0 aliphatic heterocycles. The van der Waals surface area contributed by atoms with E-state index in [1.165, 1.54) is 22.3 Å². The van der Waals surface area contributed by atoms with Crippen LogP contribution in [0.1, 0.15) is 37.4 Å². The van der Waals surface area contributed by atoms with Crippen LogP contribution in [0.3, 0.4) is 0 Å². The Morgan fingerprint density at radius 2 is 1.17 bits per heavy atom. The van der Waals surface area contributed by atoms with E-state index in [0.29, 0.717) is 5.54 Å². The molecule has 1 aliphatic carbocycles. The molecule has 0 spiro atoms. The Kier molecular flexibility index (Phi) is 8.66. The molecule has 130 valence electrons. The molecule has 1 N–H and O–H groups in total. The number of fused-ring (bicyclic) bond motifs is 3. The zero-order valence-corrected chi connectivity index (χ0v) is 21.1. The van der Waals surface area contributed by atoms with Gasteiger partial charge in [0.2, 0.25) is 0 Å². The van der Waals surface area contributed by atoms with E-state index in [0.717, 1.165) is 0 Å². The summed E-state index contributed by atoms with van der Waals surface area (Å²) < 4.78 is 0. The molecule has 24 heavy (non-hydrogen) atoms. The van der Waals surface area contributed by atoms with Crippen LogP contribution in [-0.2, 0) is 25.8 Å². The fourth-order valence-electron chi connectivity index (χ4n) is 3.97. The summed E-state index contributed by atoms with van der Waals surface area (Å²) in [7, 11) is -1.66. The van der Waals surface area contributed by atoms with E-state index in [1.54, 1.807) is 0 Å². The topological polar surface area (TPSA) is 12.0 Å². The van der Waals surface area contributed by atoms with E-state index in [9.17, 15) is 0 Å². The van der Waals surface area contributed by atoms with Crippen LogP contribution in [0.4, 0.5) is 0 Å². The molecular weight excluding hydrogens is 520 g/mol. The Labute approximate surface area is 178 Å². The van der Waals surface area contributed by atoms with E-state index < -0.39 is 8.24 Å². The van der Waals surface area contributed by atoms with Crippen LogP contribution in [0, 0.1) is 0 Å². The van der Waals surface area contributed by atoms with Crippen molar-refractivity contribution in [1.29, 1.82) is 0 Å². The van der Waals surface area contributed by atoms with E-state index in [4.69, 9.17) is 0 Å². The summed E-state index contributed by atoms with van der Waals surface area (Å²) in [6.45, 7) is 11.7. The fraction of sp³-hybridized carbons (Fsp3) is 0.368. The van der Waals surface area contributed by atoms with Crippen molar-refractivity contribution in [3.63, 3.8) is 0 Å². The number of halogens is 2. The van der Waals surface area contributed by atoms with Crippen molar-refractivity contribution in [1.82, 2.24) is 4.98 Å². The maximum Gasteiger partial charge on any atom is 0.131 e. The van der Waals surface area contributed by atoms with Crippen LogP contribution in [0.5, 0.6) is 0 Å². The molecule has 0 unspecified atom stereocenters. The van der Waals surface area contributed by atoms with Crippen LogP contribution < -0.4 is 29.8 Å². The predicted octanol–water partition coefficient (Wildman–Crippen LogP) is -1.06. The molecule has 0 heterocycles. The van der Waals surface area contributed by atoms with Gasteiger partial charge in [0.05, 0.1) is 0 Å². The van der Waals surface area contributed by atoms with Gasteiger partial charge in [-0.05, 0) is 43.0 Å². The van der Waals surface area contributed by atoms with Crippen LogP contribution in [-0.4, -0.2) is 13.8 Å². The van der Waals surface area contributed by atoms with Gasteiger partial charge in [-0.15, -0.1) is 0 Å². The summed E-state index contributed by atoms with van der Waals surface area (Å²) in [6, 6.07) is 17.9. The van der Waals surface area contributed by atoms with E-state index in [1.807, 2.05) is 0 Å². The molecule has 0 amide bonds. The first-order valence-corrected chi connectivity index (χ1v) is 10.8. The van der Waals surface area contributed by atoms with Crippen molar-refractivity contribution in [3.05, 3.63) is 59.7 Å². The third-order valence-electron chi connectivity index (χ3n) is 4.25. The van der Waals surface area contributed by atoms with Crippen molar-refractivity contribution in [2.75, 3.05) is 0 Å². The zero-order valence-electron chi connectivity index (χ0n) is 15.0. The molecule has 2 aromatic rings. The number of nitrogens with one attached hydrogen (secondary N) is 1. The molecule has 0 atom stereocenters. The van der Waals surface area contributed by atoms with Gasteiger partial charge in [-0.25, -0.2) is 0 Å². The van der Waals surface area contributed by atoms with Gasteiger partial charge >= 0.3 is 0 Å². The summed E-state index contributed by atoms with van der Waals surface area (Å²) in [5.41, 5.74) is 6.55. The van der Waals surface area contributed by atoms with Crippen LogP contribution >= 0.6 is 0 Å². The standard InChI is InChI=1S/C19H25NSi.2ClH.Hf/c1-19(2,3)20-21(4,5)18-16-12-8-6-10-14(16)15-11-7-9-13-17(15)18;;;/h6-13,18,20H,1-5H3;2*1H;/p-2. The average molecular weight is 545 g/mol. The Morgan fingerprint density at radius 1 is 0.792 bits per heavy atom. The van der Waals surface area contributed by atoms with Crippen molar-refractivity contribution >= 4 is 8.24 Å². The van der Waals surface area contributed by atoms with Crippen LogP contribution in [0.25, 0.3) is 11.1 Å². The molecule has 0 radical (unpaired) electrons. The Balaban J connectivity index is 0.00000176. The molecule has 0 bridgehead atoms. The molecule has 0 saturated carbocycles. The fourth-order valence-corrected chi connectivity index (χ4v) is 8.11. The molecule has 5 heteroatoms. The zero-order chi connectivity index (χ0) is 15.3. The smallest absolute Gasteiger partial charge is 0.131 e. The van der Waals surface area contributed by atoms with Gasteiger partial charge in [-0.3, -0.25) is 0 Å². The normalized spacial score (nSPS) is 13.0. The molecule has 0 saturated heterocycles. The van der Waals surface area contributed by atoms with Crippen molar-refractivity contribution in [2.45, 2.75) is 44.9 Å². The number of hydrogen-bond donors (Lipinski definition) is 1. The van der Waals surface area contributed by atoms with Gasteiger partial charge in [-0.1, -0.05) is 61.6 Å². The van der Waals surface area contributed by atoms with Gasteiger partial charge in [0, 0.05) is 36.9 Å². The molecule has 3 rings (SSSR count). The predicted molar refractivity (Wildman–Crippen MR) is 94.1 cm³/mol. The maximum atomic E-state index is 3.96. The summed E-state index contributed by atoms with van der Waals surface area (Å²) >= 11 is 0. The molecular formula is C19H25Cl2HfNSi-2. The minimum absolute atomic E-state index is 0. The van der Waals surface area contributed by atoms with Crippen LogP contribution in [0.15, 0.2) is 48.5 Å². The third kappa shape index (κ3) is 4.61. The van der Waals surface area contributed by atoms with E-state index >= 15 is 0 Å². The summed E-state index contributed by atoms with van der Waals surface area (Å²) in [5, 5.41) is 0. The van der Waals surface area contributed by atoms with Crippen molar-refractivity contribution < 1.29 is 50.7 Å². The van der Waals surface area contributed by atoms with Gasteiger partial charge in [0.25, 0.3) is 0 Å².